The Labute approximate surface area is 140 Å². The van der Waals surface area contributed by atoms with Gasteiger partial charge in [-0.1, -0.05) is 48.5 Å². The number of carbonyl (C=O) groups is 1. The number of amides is 1. The number of para-hydroxylation sites is 1. The second-order valence-corrected chi connectivity index (χ2v) is 5.38. The van der Waals surface area contributed by atoms with Crippen molar-refractivity contribution in [3.05, 3.63) is 77.7 Å². The SMILES string of the molecule is NNC(=O)/C(=C\c1cc2ccccc2o1)NCCc1ccccc1. The van der Waals surface area contributed by atoms with E-state index in [1.165, 1.54) is 5.56 Å². The van der Waals surface area contributed by atoms with Gasteiger partial charge in [-0.2, -0.15) is 0 Å². The molecule has 0 aliphatic carbocycles. The van der Waals surface area contributed by atoms with Crippen molar-refractivity contribution in [3.63, 3.8) is 0 Å². The number of furan rings is 1. The molecule has 2 aromatic carbocycles. The highest BCUT2D eigenvalue weighted by atomic mass is 16.3. The van der Waals surface area contributed by atoms with E-state index in [-0.39, 0.29) is 5.91 Å². The number of hydrazine groups is 1. The second kappa shape index (κ2) is 7.48. The van der Waals surface area contributed by atoms with E-state index in [1.807, 2.05) is 60.7 Å². The molecule has 0 saturated carbocycles. The molecule has 1 amide bonds. The molecule has 0 unspecified atom stereocenters. The van der Waals surface area contributed by atoms with Crippen LogP contribution in [0.4, 0.5) is 0 Å². The Balaban J connectivity index is 1.74. The van der Waals surface area contributed by atoms with Gasteiger partial charge in [0.15, 0.2) is 0 Å². The molecule has 5 nitrogen and oxygen atoms in total. The molecule has 0 saturated heterocycles. The number of benzene rings is 2. The smallest absolute Gasteiger partial charge is 0.281 e. The first kappa shape index (κ1) is 15.8. The lowest BCUT2D eigenvalue weighted by Crippen LogP contribution is -2.36. The molecular weight excluding hydrogens is 302 g/mol. The van der Waals surface area contributed by atoms with E-state index in [2.05, 4.69) is 10.7 Å². The van der Waals surface area contributed by atoms with Gasteiger partial charge in [-0.15, -0.1) is 0 Å². The van der Waals surface area contributed by atoms with Gasteiger partial charge in [-0.25, -0.2) is 5.84 Å². The summed E-state index contributed by atoms with van der Waals surface area (Å²) in [6.45, 7) is 0.615. The maximum atomic E-state index is 12.0. The molecular formula is C19H19N3O2. The van der Waals surface area contributed by atoms with Gasteiger partial charge in [0.1, 0.15) is 17.0 Å². The van der Waals surface area contributed by atoms with Crippen LogP contribution in [-0.2, 0) is 11.2 Å². The standard InChI is InChI=1S/C19H19N3O2/c20-22-19(23)17(21-11-10-14-6-2-1-3-7-14)13-16-12-15-8-4-5-9-18(15)24-16/h1-9,12-13,21H,10-11,20H2,(H,22,23)/b17-13+. The Hall–Kier alpha value is -3.05. The molecule has 4 N–H and O–H groups in total. The van der Waals surface area contributed by atoms with E-state index >= 15 is 0 Å². The number of rotatable bonds is 6. The monoisotopic (exact) mass is 321 g/mol. The average molecular weight is 321 g/mol. The number of fused-ring (bicyclic) bond motifs is 1. The highest BCUT2D eigenvalue weighted by molar-refractivity contribution is 5.97. The van der Waals surface area contributed by atoms with Crippen LogP contribution in [0.5, 0.6) is 0 Å². The zero-order valence-corrected chi connectivity index (χ0v) is 13.2. The van der Waals surface area contributed by atoms with Crippen LogP contribution in [0.15, 0.2) is 70.8 Å². The molecule has 5 heteroatoms. The molecule has 0 atom stereocenters. The largest absolute Gasteiger partial charge is 0.457 e. The first-order chi connectivity index (χ1) is 11.8. The fourth-order valence-electron chi connectivity index (χ4n) is 2.48. The van der Waals surface area contributed by atoms with E-state index < -0.39 is 0 Å². The summed E-state index contributed by atoms with van der Waals surface area (Å²) in [4.78, 5) is 12.0. The quantitative estimate of drug-likeness (QED) is 0.282. The molecule has 24 heavy (non-hydrogen) atoms. The lowest BCUT2D eigenvalue weighted by atomic mass is 10.1. The van der Waals surface area contributed by atoms with Crippen molar-refractivity contribution in [1.82, 2.24) is 10.7 Å². The van der Waals surface area contributed by atoms with Crippen molar-refractivity contribution in [3.8, 4) is 0 Å². The maximum Gasteiger partial charge on any atom is 0.281 e. The van der Waals surface area contributed by atoms with Crippen LogP contribution in [-0.4, -0.2) is 12.5 Å². The predicted octanol–water partition coefficient (Wildman–Crippen LogP) is 2.60. The normalized spacial score (nSPS) is 11.5. The molecule has 0 fully saturated rings. The lowest BCUT2D eigenvalue weighted by molar-refractivity contribution is -0.117. The van der Waals surface area contributed by atoms with E-state index in [1.54, 1.807) is 6.08 Å². The summed E-state index contributed by atoms with van der Waals surface area (Å²) in [6, 6.07) is 19.6. The molecule has 0 aliphatic heterocycles. The number of nitrogens with two attached hydrogens (primary N) is 1. The third-order valence-corrected chi connectivity index (χ3v) is 3.68. The minimum absolute atomic E-state index is 0.368. The Morgan fingerprint density at radius 2 is 1.83 bits per heavy atom. The maximum absolute atomic E-state index is 12.0. The minimum Gasteiger partial charge on any atom is -0.457 e. The van der Waals surface area contributed by atoms with Crippen molar-refractivity contribution < 1.29 is 9.21 Å². The highest BCUT2D eigenvalue weighted by Gasteiger charge is 2.09. The van der Waals surface area contributed by atoms with Crippen LogP contribution in [0, 0.1) is 0 Å². The Morgan fingerprint density at radius 1 is 1.08 bits per heavy atom. The molecule has 0 aliphatic rings. The van der Waals surface area contributed by atoms with Gasteiger partial charge in [0.25, 0.3) is 5.91 Å². The lowest BCUT2D eigenvalue weighted by Gasteiger charge is -2.09. The van der Waals surface area contributed by atoms with Crippen LogP contribution >= 0.6 is 0 Å². The van der Waals surface area contributed by atoms with Crippen LogP contribution in [0.3, 0.4) is 0 Å². The van der Waals surface area contributed by atoms with Crippen molar-refractivity contribution in [2.75, 3.05) is 6.54 Å². The van der Waals surface area contributed by atoms with Gasteiger partial charge in [0.2, 0.25) is 0 Å². The fraction of sp³-hybridized carbons (Fsp3) is 0.105. The molecule has 1 heterocycles. The molecule has 0 radical (unpaired) electrons. The molecule has 0 spiro atoms. The van der Waals surface area contributed by atoms with Crippen LogP contribution in [0.1, 0.15) is 11.3 Å². The van der Waals surface area contributed by atoms with Gasteiger partial charge < -0.3 is 9.73 Å². The summed E-state index contributed by atoms with van der Waals surface area (Å²) in [5, 5.41) is 4.11. The van der Waals surface area contributed by atoms with Gasteiger partial charge in [0.05, 0.1) is 0 Å². The van der Waals surface area contributed by atoms with Crippen molar-refractivity contribution >= 4 is 23.0 Å². The van der Waals surface area contributed by atoms with Gasteiger partial charge in [-0.05, 0) is 24.1 Å². The number of hydrogen-bond acceptors (Lipinski definition) is 4. The molecule has 3 rings (SSSR count). The van der Waals surface area contributed by atoms with Gasteiger partial charge in [0, 0.05) is 18.0 Å². The van der Waals surface area contributed by atoms with Crippen molar-refractivity contribution in [2.24, 2.45) is 5.84 Å². The Morgan fingerprint density at radius 3 is 2.58 bits per heavy atom. The van der Waals surface area contributed by atoms with E-state index in [4.69, 9.17) is 10.3 Å². The van der Waals surface area contributed by atoms with Crippen molar-refractivity contribution in [2.45, 2.75) is 6.42 Å². The Kier molecular flexibility index (Phi) is 4.93. The molecule has 0 bridgehead atoms. The Bertz CT molecular complexity index is 820. The summed E-state index contributed by atoms with van der Waals surface area (Å²) in [5.41, 5.74) is 4.50. The van der Waals surface area contributed by atoms with Crippen LogP contribution < -0.4 is 16.6 Å². The molecule has 1 aromatic heterocycles. The first-order valence-electron chi connectivity index (χ1n) is 7.75. The predicted molar refractivity (Wildman–Crippen MR) is 94.7 cm³/mol. The molecule has 3 aromatic rings. The first-order valence-corrected chi connectivity index (χ1v) is 7.75. The number of hydrogen-bond donors (Lipinski definition) is 3. The summed E-state index contributed by atoms with van der Waals surface area (Å²) in [7, 11) is 0. The summed E-state index contributed by atoms with van der Waals surface area (Å²) < 4.78 is 5.72. The zero-order chi connectivity index (χ0) is 16.8. The van der Waals surface area contributed by atoms with Gasteiger partial charge in [-0.3, -0.25) is 10.2 Å². The second-order valence-electron chi connectivity index (χ2n) is 5.38. The summed E-state index contributed by atoms with van der Waals surface area (Å²) in [6.07, 6.45) is 2.46. The number of nitrogens with one attached hydrogen (secondary N) is 2. The minimum atomic E-state index is -0.386. The third kappa shape index (κ3) is 3.83. The summed E-state index contributed by atoms with van der Waals surface area (Å²) in [5.74, 6) is 5.49. The summed E-state index contributed by atoms with van der Waals surface area (Å²) >= 11 is 0. The topological polar surface area (TPSA) is 80.3 Å². The highest BCUT2D eigenvalue weighted by Crippen LogP contribution is 2.20. The zero-order valence-electron chi connectivity index (χ0n) is 13.2. The molecule has 122 valence electrons. The fourth-order valence-corrected chi connectivity index (χ4v) is 2.48. The number of carbonyl (C=O) groups excluding carboxylic acids is 1. The van der Waals surface area contributed by atoms with Crippen LogP contribution in [0.25, 0.3) is 17.0 Å². The van der Waals surface area contributed by atoms with E-state index in [9.17, 15) is 4.79 Å². The van der Waals surface area contributed by atoms with E-state index in [0.29, 0.717) is 18.0 Å². The van der Waals surface area contributed by atoms with Gasteiger partial charge >= 0.3 is 0 Å². The third-order valence-electron chi connectivity index (χ3n) is 3.68. The van der Waals surface area contributed by atoms with E-state index in [0.717, 1.165) is 17.4 Å². The van der Waals surface area contributed by atoms with Crippen molar-refractivity contribution in [1.29, 1.82) is 0 Å². The average Bonchev–Trinajstić information content (AvgIpc) is 3.03. The van der Waals surface area contributed by atoms with Crippen LogP contribution in [0.2, 0.25) is 0 Å².